The number of nitrogen functional groups attached to an aromatic ring is 1. The fraction of sp³-hybridized carbons (Fsp3) is 0.609. The highest BCUT2D eigenvalue weighted by atomic mass is 32.1. The second kappa shape index (κ2) is 10.8. The molecular formula is C23H35N3O2S. The number of aryl methyl sites for hydroxylation is 2. The van der Waals surface area contributed by atoms with E-state index in [-0.39, 0.29) is 0 Å². The van der Waals surface area contributed by atoms with E-state index in [4.69, 9.17) is 15.2 Å². The zero-order valence-corrected chi connectivity index (χ0v) is 18.9. The van der Waals surface area contributed by atoms with E-state index in [9.17, 15) is 0 Å². The number of benzene rings is 1. The first-order valence-electron chi connectivity index (χ1n) is 10.8. The number of ether oxygens (including phenoxy) is 2. The van der Waals surface area contributed by atoms with Crippen LogP contribution in [0.25, 0.3) is 0 Å². The number of anilines is 1. The standard InChI is InChI=1S/C23H35N3O2S/c1-4-13-26(18-9-11-20-22(16-18)29-23(24)25-20)14-7-5-6-8-17-15-19(27-2)10-12-21(17)28-3/h10,12,15,18H,4-9,11,13-14,16H2,1-3H3,(H2,24,25)/t18-/m1/s1. The van der Waals surface area contributed by atoms with Crippen LogP contribution in [0.3, 0.4) is 0 Å². The molecule has 1 aliphatic rings. The molecule has 0 saturated carbocycles. The van der Waals surface area contributed by atoms with Crippen LogP contribution in [-0.4, -0.2) is 43.2 Å². The van der Waals surface area contributed by atoms with Gasteiger partial charge in [0.2, 0.25) is 0 Å². The highest BCUT2D eigenvalue weighted by Gasteiger charge is 2.26. The molecule has 1 aromatic heterocycles. The van der Waals surface area contributed by atoms with Crippen LogP contribution < -0.4 is 15.2 Å². The Morgan fingerprint density at radius 1 is 1.17 bits per heavy atom. The lowest BCUT2D eigenvalue weighted by Gasteiger charge is -2.33. The van der Waals surface area contributed by atoms with Crippen molar-refractivity contribution in [2.75, 3.05) is 33.0 Å². The normalized spacial score (nSPS) is 16.1. The minimum absolute atomic E-state index is 0.640. The van der Waals surface area contributed by atoms with E-state index in [1.54, 1.807) is 25.6 Å². The minimum atomic E-state index is 0.640. The van der Waals surface area contributed by atoms with Gasteiger partial charge in [-0.3, -0.25) is 0 Å². The lowest BCUT2D eigenvalue weighted by Crippen LogP contribution is -2.40. The van der Waals surface area contributed by atoms with Crippen molar-refractivity contribution in [3.63, 3.8) is 0 Å². The number of hydrogen-bond donors (Lipinski definition) is 1. The predicted octanol–water partition coefficient (Wildman–Crippen LogP) is 4.72. The van der Waals surface area contributed by atoms with Crippen molar-refractivity contribution in [1.82, 2.24) is 9.88 Å². The molecule has 0 aliphatic heterocycles. The van der Waals surface area contributed by atoms with Gasteiger partial charge in [0.1, 0.15) is 11.5 Å². The van der Waals surface area contributed by atoms with Gasteiger partial charge < -0.3 is 20.1 Å². The van der Waals surface area contributed by atoms with Crippen LogP contribution >= 0.6 is 11.3 Å². The van der Waals surface area contributed by atoms with Gasteiger partial charge >= 0.3 is 0 Å². The molecule has 1 aromatic carbocycles. The van der Waals surface area contributed by atoms with Crippen molar-refractivity contribution in [3.8, 4) is 11.5 Å². The Kier molecular flexibility index (Phi) is 8.19. The van der Waals surface area contributed by atoms with Crippen molar-refractivity contribution in [2.45, 2.75) is 64.3 Å². The topological polar surface area (TPSA) is 60.6 Å². The number of fused-ring (bicyclic) bond motifs is 1. The molecule has 0 saturated heterocycles. The van der Waals surface area contributed by atoms with E-state index >= 15 is 0 Å². The van der Waals surface area contributed by atoms with Gasteiger partial charge in [0.15, 0.2) is 5.13 Å². The van der Waals surface area contributed by atoms with E-state index in [0.717, 1.165) is 35.9 Å². The zero-order valence-electron chi connectivity index (χ0n) is 18.1. The number of thiazole rings is 1. The van der Waals surface area contributed by atoms with Crippen molar-refractivity contribution in [2.24, 2.45) is 0 Å². The first kappa shape index (κ1) is 21.9. The van der Waals surface area contributed by atoms with Crippen LogP contribution in [0.5, 0.6) is 11.5 Å². The molecule has 0 amide bonds. The summed E-state index contributed by atoms with van der Waals surface area (Å²) in [5.74, 6) is 1.86. The van der Waals surface area contributed by atoms with Crippen LogP contribution in [0, 0.1) is 0 Å². The van der Waals surface area contributed by atoms with Crippen LogP contribution in [0.15, 0.2) is 18.2 Å². The Hall–Kier alpha value is -1.79. The third kappa shape index (κ3) is 5.86. The largest absolute Gasteiger partial charge is 0.497 e. The molecule has 3 rings (SSSR count). The van der Waals surface area contributed by atoms with Gasteiger partial charge in [-0.05, 0) is 81.8 Å². The summed E-state index contributed by atoms with van der Waals surface area (Å²) in [4.78, 5) is 8.60. The number of nitrogens with zero attached hydrogens (tertiary/aromatic N) is 2. The molecule has 0 spiro atoms. The second-order valence-corrected chi connectivity index (χ2v) is 8.96. The molecule has 2 aromatic rings. The van der Waals surface area contributed by atoms with Gasteiger partial charge in [0.05, 0.1) is 19.9 Å². The van der Waals surface area contributed by atoms with Gasteiger partial charge in [-0.25, -0.2) is 4.98 Å². The minimum Gasteiger partial charge on any atom is -0.497 e. The average molecular weight is 418 g/mol. The summed E-state index contributed by atoms with van der Waals surface area (Å²) in [6.07, 6.45) is 9.26. The Morgan fingerprint density at radius 2 is 2.03 bits per heavy atom. The number of unbranched alkanes of at least 4 members (excludes halogenated alkanes) is 2. The monoisotopic (exact) mass is 417 g/mol. The first-order valence-corrected chi connectivity index (χ1v) is 11.6. The summed E-state index contributed by atoms with van der Waals surface area (Å²) < 4.78 is 10.9. The number of rotatable bonds is 11. The molecule has 6 heteroatoms. The van der Waals surface area contributed by atoms with E-state index in [2.05, 4.69) is 22.9 Å². The summed E-state index contributed by atoms with van der Waals surface area (Å²) in [6.45, 7) is 4.64. The van der Waals surface area contributed by atoms with Gasteiger partial charge in [-0.15, -0.1) is 11.3 Å². The number of aromatic nitrogens is 1. The highest BCUT2D eigenvalue weighted by Crippen LogP contribution is 2.30. The molecule has 0 fully saturated rings. The van der Waals surface area contributed by atoms with Crippen molar-refractivity contribution < 1.29 is 9.47 Å². The fourth-order valence-corrected chi connectivity index (χ4v) is 5.29. The van der Waals surface area contributed by atoms with E-state index < -0.39 is 0 Å². The van der Waals surface area contributed by atoms with Crippen LogP contribution in [0.4, 0.5) is 5.13 Å². The summed E-state index contributed by atoms with van der Waals surface area (Å²) in [5.41, 5.74) is 8.39. The van der Waals surface area contributed by atoms with Crippen LogP contribution in [-0.2, 0) is 19.3 Å². The van der Waals surface area contributed by atoms with E-state index in [1.807, 2.05) is 12.1 Å². The zero-order chi connectivity index (χ0) is 20.6. The maximum atomic E-state index is 5.92. The molecule has 5 nitrogen and oxygen atoms in total. The number of methoxy groups -OCH3 is 2. The van der Waals surface area contributed by atoms with Gasteiger partial charge in [-0.2, -0.15) is 0 Å². The Bertz CT molecular complexity index is 777. The molecule has 29 heavy (non-hydrogen) atoms. The van der Waals surface area contributed by atoms with Crippen molar-refractivity contribution in [1.29, 1.82) is 0 Å². The van der Waals surface area contributed by atoms with Crippen molar-refractivity contribution >= 4 is 16.5 Å². The number of hydrogen-bond acceptors (Lipinski definition) is 6. The van der Waals surface area contributed by atoms with Gasteiger partial charge in [0.25, 0.3) is 0 Å². The third-order valence-electron chi connectivity index (χ3n) is 5.84. The Labute approximate surface area is 179 Å². The summed E-state index contributed by atoms with van der Waals surface area (Å²) in [7, 11) is 3.45. The smallest absolute Gasteiger partial charge is 0.180 e. The van der Waals surface area contributed by atoms with Crippen LogP contribution in [0.2, 0.25) is 0 Å². The summed E-state index contributed by atoms with van der Waals surface area (Å²) >= 11 is 1.68. The average Bonchev–Trinajstić information content (AvgIpc) is 3.11. The molecule has 160 valence electrons. The number of nitrogens with two attached hydrogens (primary N) is 1. The van der Waals surface area contributed by atoms with E-state index in [1.165, 1.54) is 61.3 Å². The Balaban J connectivity index is 1.47. The van der Waals surface area contributed by atoms with Crippen LogP contribution in [0.1, 0.15) is 55.2 Å². The molecule has 1 aliphatic carbocycles. The molecule has 1 heterocycles. The van der Waals surface area contributed by atoms with Gasteiger partial charge in [0, 0.05) is 10.9 Å². The van der Waals surface area contributed by atoms with Crippen molar-refractivity contribution in [3.05, 3.63) is 34.3 Å². The molecule has 0 radical (unpaired) electrons. The summed E-state index contributed by atoms with van der Waals surface area (Å²) in [6, 6.07) is 6.70. The molecule has 1 atom stereocenters. The molecule has 0 bridgehead atoms. The third-order valence-corrected chi connectivity index (χ3v) is 6.79. The maximum Gasteiger partial charge on any atom is 0.180 e. The molecule has 0 unspecified atom stereocenters. The lowest BCUT2D eigenvalue weighted by molar-refractivity contribution is 0.176. The Morgan fingerprint density at radius 3 is 2.79 bits per heavy atom. The summed E-state index contributed by atoms with van der Waals surface area (Å²) in [5, 5.41) is 0.727. The van der Waals surface area contributed by atoms with E-state index in [0.29, 0.717) is 6.04 Å². The van der Waals surface area contributed by atoms with Gasteiger partial charge in [-0.1, -0.05) is 13.3 Å². The fourth-order valence-electron chi connectivity index (χ4n) is 4.34. The second-order valence-electron chi connectivity index (χ2n) is 7.84. The maximum absolute atomic E-state index is 5.92. The first-order chi connectivity index (χ1) is 14.1. The molecule has 2 N–H and O–H groups in total. The quantitative estimate of drug-likeness (QED) is 0.536. The predicted molar refractivity (Wildman–Crippen MR) is 121 cm³/mol. The SMILES string of the molecule is CCCN(CCCCCc1cc(OC)ccc1OC)[C@@H]1CCc2nc(N)sc2C1. The molecular weight excluding hydrogens is 382 g/mol. The lowest BCUT2D eigenvalue weighted by atomic mass is 9.95. The highest BCUT2D eigenvalue weighted by molar-refractivity contribution is 7.15.